The van der Waals surface area contributed by atoms with Crippen molar-refractivity contribution in [2.24, 2.45) is 0 Å². The van der Waals surface area contributed by atoms with Crippen LogP contribution in [0.1, 0.15) is 5.56 Å². The third-order valence-corrected chi connectivity index (χ3v) is 3.47. The lowest BCUT2D eigenvalue weighted by Gasteiger charge is -2.02. The average molecular weight is 333 g/mol. The first-order chi connectivity index (χ1) is 9.78. The van der Waals surface area contributed by atoms with Crippen LogP contribution < -0.4 is 0 Å². The van der Waals surface area contributed by atoms with Crippen LogP contribution in [0.2, 0.25) is 0 Å². The van der Waals surface area contributed by atoms with Gasteiger partial charge in [0.2, 0.25) is 5.82 Å². The first kappa shape index (κ1) is 12.9. The molecule has 0 aliphatic carbocycles. The number of hydrogen-bond acceptors (Lipinski definition) is 3. The number of rotatable bonds is 3. The minimum Gasteiger partial charge on any atom is -0.205 e. The number of aromatic nitrogens is 4. The van der Waals surface area contributed by atoms with E-state index in [9.17, 15) is 4.39 Å². The monoisotopic (exact) mass is 332 g/mol. The van der Waals surface area contributed by atoms with Crippen molar-refractivity contribution < 1.29 is 4.39 Å². The van der Waals surface area contributed by atoms with Crippen LogP contribution in [0, 0.1) is 5.82 Å². The summed E-state index contributed by atoms with van der Waals surface area (Å²) in [6.45, 7) is 0. The molecule has 0 aliphatic rings. The number of tetrazole rings is 1. The van der Waals surface area contributed by atoms with Crippen molar-refractivity contribution in [2.75, 3.05) is 0 Å². The van der Waals surface area contributed by atoms with E-state index >= 15 is 0 Å². The van der Waals surface area contributed by atoms with Gasteiger partial charge in [0.1, 0.15) is 5.69 Å². The van der Waals surface area contributed by atoms with Gasteiger partial charge in [-0.1, -0.05) is 52.3 Å². The molecule has 1 aromatic heterocycles. The summed E-state index contributed by atoms with van der Waals surface area (Å²) < 4.78 is 14.0. The number of halogens is 2. The number of alkyl halides is 1. The molecule has 0 fully saturated rings. The van der Waals surface area contributed by atoms with Crippen LogP contribution in [0.25, 0.3) is 17.1 Å². The minimum atomic E-state index is -0.376. The zero-order valence-electron chi connectivity index (χ0n) is 10.4. The molecule has 1 heterocycles. The fraction of sp³-hybridized carbons (Fsp3) is 0.0714. The molecule has 3 rings (SSSR count). The first-order valence-corrected chi connectivity index (χ1v) is 7.10. The van der Waals surface area contributed by atoms with Crippen LogP contribution >= 0.6 is 15.9 Å². The van der Waals surface area contributed by atoms with Crippen molar-refractivity contribution in [3.8, 4) is 17.1 Å². The summed E-state index contributed by atoms with van der Waals surface area (Å²) in [5.41, 5.74) is 1.98. The lowest BCUT2D eigenvalue weighted by atomic mass is 10.2. The van der Waals surface area contributed by atoms with Gasteiger partial charge in [0.15, 0.2) is 5.82 Å². The zero-order chi connectivity index (χ0) is 13.9. The maximum Gasteiger partial charge on any atom is 0.205 e. The molecule has 2 aromatic carbocycles. The lowest BCUT2D eigenvalue weighted by Crippen LogP contribution is -2.02. The van der Waals surface area contributed by atoms with E-state index in [4.69, 9.17) is 0 Å². The third-order valence-electron chi connectivity index (χ3n) is 2.83. The summed E-state index contributed by atoms with van der Waals surface area (Å²) in [6, 6.07) is 14.4. The van der Waals surface area contributed by atoms with Gasteiger partial charge in [-0.15, -0.1) is 15.0 Å². The fourth-order valence-electron chi connectivity index (χ4n) is 1.81. The Bertz CT molecular complexity index is 727. The molecule has 0 saturated carbocycles. The Hall–Kier alpha value is -2.08. The molecule has 4 nitrogen and oxygen atoms in total. The van der Waals surface area contributed by atoms with E-state index in [-0.39, 0.29) is 11.5 Å². The van der Waals surface area contributed by atoms with Crippen molar-refractivity contribution >= 4 is 15.9 Å². The van der Waals surface area contributed by atoms with E-state index in [1.54, 1.807) is 6.07 Å². The van der Waals surface area contributed by atoms with Crippen LogP contribution in [0.15, 0.2) is 48.5 Å². The highest BCUT2D eigenvalue weighted by Crippen LogP contribution is 2.17. The van der Waals surface area contributed by atoms with Crippen LogP contribution in [0.5, 0.6) is 0 Å². The second kappa shape index (κ2) is 5.50. The van der Waals surface area contributed by atoms with Gasteiger partial charge in [-0.3, -0.25) is 0 Å². The lowest BCUT2D eigenvalue weighted by molar-refractivity contribution is 0.590. The number of benzene rings is 2. The smallest absolute Gasteiger partial charge is 0.205 e. The molecule has 0 N–H and O–H groups in total. The Morgan fingerprint density at radius 2 is 1.90 bits per heavy atom. The van der Waals surface area contributed by atoms with Crippen LogP contribution in [-0.2, 0) is 5.33 Å². The summed E-state index contributed by atoms with van der Waals surface area (Å²) >= 11 is 3.29. The molecule has 0 spiro atoms. The van der Waals surface area contributed by atoms with E-state index in [2.05, 4.69) is 31.3 Å². The summed E-state index contributed by atoms with van der Waals surface area (Å²) in [4.78, 5) is 1.20. The molecule has 20 heavy (non-hydrogen) atoms. The Morgan fingerprint density at radius 3 is 2.60 bits per heavy atom. The summed E-state index contributed by atoms with van der Waals surface area (Å²) in [5.74, 6) is 0.0912. The maximum atomic E-state index is 14.0. The molecule has 0 amide bonds. The predicted octanol–water partition coefficient (Wildman–Crippen LogP) is 3.36. The maximum absolute atomic E-state index is 14.0. The quantitative estimate of drug-likeness (QED) is 0.691. The summed E-state index contributed by atoms with van der Waals surface area (Å²) in [5, 5.41) is 12.7. The molecule has 0 bridgehead atoms. The van der Waals surface area contributed by atoms with Crippen LogP contribution in [0.4, 0.5) is 4.39 Å². The van der Waals surface area contributed by atoms with E-state index in [1.165, 1.54) is 10.9 Å². The number of hydrogen-bond donors (Lipinski definition) is 0. The first-order valence-electron chi connectivity index (χ1n) is 5.98. The topological polar surface area (TPSA) is 43.6 Å². The van der Waals surface area contributed by atoms with E-state index < -0.39 is 0 Å². The summed E-state index contributed by atoms with van der Waals surface area (Å²) in [7, 11) is 0. The van der Waals surface area contributed by atoms with Crippen molar-refractivity contribution in [1.29, 1.82) is 0 Å². The third kappa shape index (κ3) is 2.46. The van der Waals surface area contributed by atoms with Crippen LogP contribution in [-0.4, -0.2) is 20.2 Å². The van der Waals surface area contributed by atoms with Crippen molar-refractivity contribution in [3.63, 3.8) is 0 Å². The van der Waals surface area contributed by atoms with Crippen molar-refractivity contribution in [2.45, 2.75) is 5.33 Å². The van der Waals surface area contributed by atoms with Gasteiger partial charge in [-0.05, 0) is 22.9 Å². The predicted molar refractivity (Wildman–Crippen MR) is 77.2 cm³/mol. The van der Waals surface area contributed by atoms with Crippen molar-refractivity contribution in [3.05, 3.63) is 59.9 Å². The highest BCUT2D eigenvalue weighted by molar-refractivity contribution is 9.08. The van der Waals surface area contributed by atoms with Crippen LogP contribution in [0.3, 0.4) is 0 Å². The second-order valence-corrected chi connectivity index (χ2v) is 4.75. The summed E-state index contributed by atoms with van der Waals surface area (Å²) in [6.07, 6.45) is 0. The second-order valence-electron chi connectivity index (χ2n) is 4.19. The Labute approximate surface area is 123 Å². The average Bonchev–Trinajstić information content (AvgIpc) is 2.97. The molecule has 0 radical (unpaired) electrons. The van der Waals surface area contributed by atoms with Gasteiger partial charge in [-0.25, -0.2) is 4.39 Å². The molecule has 0 saturated heterocycles. The van der Waals surface area contributed by atoms with E-state index in [0.717, 1.165) is 11.1 Å². The molecular formula is C14H10BrFN4. The standard InChI is InChI=1S/C14H10BrFN4/c15-9-10-6-7-13(12(16)8-10)20-18-14(17-19-20)11-4-2-1-3-5-11/h1-8H,9H2. The highest BCUT2D eigenvalue weighted by atomic mass is 79.9. The molecule has 0 unspecified atom stereocenters. The molecule has 6 heteroatoms. The molecule has 0 aliphatic heterocycles. The molecule has 0 atom stereocenters. The highest BCUT2D eigenvalue weighted by Gasteiger charge is 2.11. The Morgan fingerprint density at radius 1 is 1.10 bits per heavy atom. The van der Waals surface area contributed by atoms with Gasteiger partial charge in [0.25, 0.3) is 0 Å². The molecular weight excluding hydrogens is 323 g/mol. The molecule has 100 valence electrons. The molecule has 3 aromatic rings. The van der Waals surface area contributed by atoms with Gasteiger partial charge < -0.3 is 0 Å². The fourth-order valence-corrected chi connectivity index (χ4v) is 2.16. The number of nitrogens with zero attached hydrogens (tertiary/aromatic N) is 4. The Balaban J connectivity index is 1.98. The van der Waals surface area contributed by atoms with Gasteiger partial charge in [0, 0.05) is 10.9 Å². The largest absolute Gasteiger partial charge is 0.205 e. The SMILES string of the molecule is Fc1cc(CBr)ccc1-n1nnc(-c2ccccc2)n1. The van der Waals surface area contributed by atoms with E-state index in [0.29, 0.717) is 11.2 Å². The Kier molecular flexibility index (Phi) is 3.56. The zero-order valence-corrected chi connectivity index (χ0v) is 12.0. The van der Waals surface area contributed by atoms with E-state index in [1.807, 2.05) is 36.4 Å². The van der Waals surface area contributed by atoms with Gasteiger partial charge in [0.05, 0.1) is 0 Å². The van der Waals surface area contributed by atoms with Crippen molar-refractivity contribution in [1.82, 2.24) is 20.2 Å². The minimum absolute atomic E-state index is 0.282. The van der Waals surface area contributed by atoms with Gasteiger partial charge >= 0.3 is 0 Å². The van der Waals surface area contributed by atoms with Gasteiger partial charge in [-0.2, -0.15) is 0 Å². The normalized spacial score (nSPS) is 10.7.